The van der Waals surface area contributed by atoms with Gasteiger partial charge in [0.15, 0.2) is 0 Å². The first-order valence-corrected chi connectivity index (χ1v) is 8.92. The Balaban J connectivity index is 2.48. The maximum atomic E-state index is 12.3. The van der Waals surface area contributed by atoms with Gasteiger partial charge in [-0.05, 0) is 104 Å². The van der Waals surface area contributed by atoms with Gasteiger partial charge >= 0.3 is 6.36 Å². The molecule has 0 aliphatic heterocycles. The van der Waals surface area contributed by atoms with Gasteiger partial charge in [0.25, 0.3) is 0 Å². The van der Waals surface area contributed by atoms with Gasteiger partial charge in [-0.15, -0.1) is 13.2 Å². The van der Waals surface area contributed by atoms with Crippen LogP contribution in [0.25, 0.3) is 11.1 Å². The first-order chi connectivity index (χ1) is 9.67. The lowest BCUT2D eigenvalue weighted by molar-refractivity contribution is -0.274. The molecular weight excluding hydrogens is 622 g/mol. The lowest BCUT2D eigenvalue weighted by atomic mass is 10.0. The van der Waals surface area contributed by atoms with Gasteiger partial charge < -0.3 is 4.74 Å². The number of benzene rings is 2. The van der Waals surface area contributed by atoms with E-state index in [0.717, 1.165) is 21.8 Å². The Morgan fingerprint density at radius 2 is 1.48 bits per heavy atom. The van der Waals surface area contributed by atoms with Crippen LogP contribution in [0.5, 0.6) is 5.75 Å². The molecule has 0 fully saturated rings. The predicted molar refractivity (Wildman–Crippen MR) is 101 cm³/mol. The van der Waals surface area contributed by atoms with E-state index in [1.807, 2.05) is 70.3 Å². The fraction of sp³-hybridized carbons (Fsp3) is 0.143. The first-order valence-electron chi connectivity index (χ1n) is 5.68. The summed E-state index contributed by atoms with van der Waals surface area (Å²) < 4.78 is 43.4. The quantitative estimate of drug-likeness (QED) is 0.351. The highest BCUT2D eigenvalue weighted by atomic mass is 127. The summed E-state index contributed by atoms with van der Waals surface area (Å²) in [6.07, 6.45) is -4.67. The fourth-order valence-corrected chi connectivity index (χ4v) is 4.62. The molecule has 7 heteroatoms. The van der Waals surface area contributed by atoms with E-state index in [4.69, 9.17) is 0 Å². The van der Waals surface area contributed by atoms with Gasteiger partial charge in [-0.3, -0.25) is 0 Å². The molecule has 0 spiro atoms. The van der Waals surface area contributed by atoms with Crippen molar-refractivity contribution >= 4 is 67.8 Å². The summed E-state index contributed by atoms with van der Waals surface area (Å²) in [5.41, 5.74) is 3.07. The van der Waals surface area contributed by atoms with Crippen molar-refractivity contribution in [2.75, 3.05) is 0 Å². The van der Waals surface area contributed by atoms with Crippen molar-refractivity contribution in [2.24, 2.45) is 0 Å². The normalized spacial score (nSPS) is 11.6. The Hall–Kier alpha value is 0.220. The molecular formula is C14H8F3I3O. The molecule has 0 heterocycles. The van der Waals surface area contributed by atoms with Gasteiger partial charge in [0, 0.05) is 16.3 Å². The second-order valence-electron chi connectivity index (χ2n) is 4.27. The smallest absolute Gasteiger partial charge is 0.406 e. The summed E-state index contributed by atoms with van der Waals surface area (Å²) in [5.74, 6) is -0.193. The summed E-state index contributed by atoms with van der Waals surface area (Å²) in [6.45, 7) is 2.02. The fourth-order valence-electron chi connectivity index (χ4n) is 1.77. The highest BCUT2D eigenvalue weighted by Crippen LogP contribution is 2.36. The number of rotatable bonds is 2. The van der Waals surface area contributed by atoms with E-state index in [0.29, 0.717) is 0 Å². The molecule has 0 bridgehead atoms. The molecule has 0 aliphatic rings. The third-order valence-corrected chi connectivity index (χ3v) is 5.57. The highest BCUT2D eigenvalue weighted by molar-refractivity contribution is 14.1. The summed E-state index contributed by atoms with van der Waals surface area (Å²) in [6, 6.07) is 8.81. The zero-order valence-corrected chi connectivity index (χ0v) is 17.0. The standard InChI is InChI=1S/C14H8F3I3O/c1-7-2-3-8(4-10(7)18)13-11(19)5-9(6-12(13)20)21-14(15,16)17/h2-6H,1H3. The van der Waals surface area contributed by atoms with Crippen LogP contribution in [0.1, 0.15) is 5.56 Å². The molecule has 1 nitrogen and oxygen atoms in total. The van der Waals surface area contributed by atoms with Crippen molar-refractivity contribution in [3.63, 3.8) is 0 Å². The molecule has 112 valence electrons. The van der Waals surface area contributed by atoms with Crippen molar-refractivity contribution in [1.82, 2.24) is 0 Å². The van der Waals surface area contributed by atoms with E-state index in [1.165, 1.54) is 17.7 Å². The minimum absolute atomic E-state index is 0.193. The molecule has 0 amide bonds. The molecule has 2 rings (SSSR count). The van der Waals surface area contributed by atoms with Gasteiger partial charge in [0.05, 0.1) is 0 Å². The molecule has 0 N–H and O–H groups in total. The zero-order chi connectivity index (χ0) is 15.8. The van der Waals surface area contributed by atoms with E-state index < -0.39 is 6.36 Å². The van der Waals surface area contributed by atoms with E-state index in [-0.39, 0.29) is 5.75 Å². The summed E-state index contributed by atoms with van der Waals surface area (Å²) >= 11 is 6.31. The van der Waals surface area contributed by atoms with Crippen molar-refractivity contribution in [2.45, 2.75) is 13.3 Å². The Kier molecular flexibility index (Phi) is 5.66. The summed E-state index contributed by atoms with van der Waals surface area (Å²) in [4.78, 5) is 0. The molecule has 0 aliphatic carbocycles. The maximum absolute atomic E-state index is 12.3. The topological polar surface area (TPSA) is 9.23 Å². The molecule has 0 unspecified atom stereocenters. The molecule has 2 aromatic carbocycles. The van der Waals surface area contributed by atoms with Gasteiger partial charge in [-0.25, -0.2) is 0 Å². The first kappa shape index (κ1) is 17.6. The number of hydrogen-bond donors (Lipinski definition) is 0. The van der Waals surface area contributed by atoms with E-state index >= 15 is 0 Å². The van der Waals surface area contributed by atoms with E-state index in [1.54, 1.807) is 0 Å². The average molecular weight is 630 g/mol. The van der Waals surface area contributed by atoms with Crippen LogP contribution < -0.4 is 4.74 Å². The van der Waals surface area contributed by atoms with Crippen molar-refractivity contribution < 1.29 is 17.9 Å². The second kappa shape index (κ2) is 6.77. The molecule has 0 saturated carbocycles. The summed E-state index contributed by atoms with van der Waals surface area (Å²) in [7, 11) is 0. The van der Waals surface area contributed by atoms with Gasteiger partial charge in [0.1, 0.15) is 5.75 Å². The lowest BCUT2D eigenvalue weighted by Crippen LogP contribution is -2.17. The highest BCUT2D eigenvalue weighted by Gasteiger charge is 2.31. The van der Waals surface area contributed by atoms with E-state index in [2.05, 4.69) is 27.3 Å². The number of alkyl halides is 3. The molecule has 0 radical (unpaired) electrons. The molecule has 21 heavy (non-hydrogen) atoms. The largest absolute Gasteiger partial charge is 0.573 e. The van der Waals surface area contributed by atoms with Crippen LogP contribution >= 0.6 is 67.8 Å². The third kappa shape index (κ3) is 4.60. The molecule has 2 aromatic rings. The predicted octanol–water partition coefficient (Wildman–Crippen LogP) is 6.37. The van der Waals surface area contributed by atoms with Gasteiger partial charge in [0.2, 0.25) is 0 Å². The second-order valence-corrected chi connectivity index (χ2v) is 7.76. The monoisotopic (exact) mass is 630 g/mol. The Morgan fingerprint density at radius 3 is 1.95 bits per heavy atom. The number of hydrogen-bond acceptors (Lipinski definition) is 1. The maximum Gasteiger partial charge on any atom is 0.573 e. The van der Waals surface area contributed by atoms with Crippen molar-refractivity contribution in [3.05, 3.63) is 46.6 Å². The van der Waals surface area contributed by atoms with Crippen molar-refractivity contribution in [3.8, 4) is 16.9 Å². The van der Waals surface area contributed by atoms with Crippen LogP contribution in [0.3, 0.4) is 0 Å². The zero-order valence-electron chi connectivity index (χ0n) is 10.6. The number of aryl methyl sites for hydroxylation is 1. The minimum Gasteiger partial charge on any atom is -0.406 e. The Morgan fingerprint density at radius 1 is 0.905 bits per heavy atom. The number of ether oxygens (including phenoxy) is 1. The minimum atomic E-state index is -4.67. The van der Waals surface area contributed by atoms with Crippen LogP contribution in [-0.4, -0.2) is 6.36 Å². The lowest BCUT2D eigenvalue weighted by Gasteiger charge is -2.14. The van der Waals surface area contributed by atoms with Gasteiger partial charge in [-0.2, -0.15) is 0 Å². The molecule has 0 saturated heterocycles. The number of halogens is 6. The average Bonchev–Trinajstić information content (AvgIpc) is 2.30. The molecule has 0 aromatic heterocycles. The Bertz CT molecular complexity index is 661. The van der Waals surface area contributed by atoms with Crippen LogP contribution in [0, 0.1) is 17.6 Å². The van der Waals surface area contributed by atoms with Crippen LogP contribution in [0.15, 0.2) is 30.3 Å². The molecule has 0 atom stereocenters. The third-order valence-electron chi connectivity index (χ3n) is 2.71. The Labute approximate surface area is 161 Å². The van der Waals surface area contributed by atoms with Crippen LogP contribution in [0.4, 0.5) is 13.2 Å². The SMILES string of the molecule is Cc1ccc(-c2c(I)cc(OC(F)(F)F)cc2I)cc1I. The summed E-state index contributed by atoms with van der Waals surface area (Å²) in [5, 5.41) is 0. The van der Waals surface area contributed by atoms with Crippen LogP contribution in [0.2, 0.25) is 0 Å². The van der Waals surface area contributed by atoms with Crippen LogP contribution in [-0.2, 0) is 0 Å². The van der Waals surface area contributed by atoms with Crippen molar-refractivity contribution in [1.29, 1.82) is 0 Å². The van der Waals surface area contributed by atoms with Gasteiger partial charge in [-0.1, -0.05) is 12.1 Å². The van der Waals surface area contributed by atoms with E-state index in [9.17, 15) is 13.2 Å².